The monoisotopic (exact) mass is 210 g/mol. The SMILES string of the molecule is O=C1CCCCC(=O)N1C1CCCNC1. The fourth-order valence-corrected chi connectivity index (χ4v) is 2.39. The molecule has 2 rings (SSSR count). The van der Waals surface area contributed by atoms with Crippen molar-refractivity contribution in [3.63, 3.8) is 0 Å². The molecule has 2 aliphatic rings. The van der Waals surface area contributed by atoms with Crippen LogP contribution in [0, 0.1) is 0 Å². The van der Waals surface area contributed by atoms with E-state index < -0.39 is 0 Å². The Hall–Kier alpha value is -0.900. The second-order valence-corrected chi connectivity index (χ2v) is 4.36. The number of carbonyl (C=O) groups excluding carboxylic acids is 2. The van der Waals surface area contributed by atoms with E-state index in [-0.39, 0.29) is 17.9 Å². The minimum absolute atomic E-state index is 0.0335. The van der Waals surface area contributed by atoms with Crippen LogP contribution < -0.4 is 5.32 Å². The topological polar surface area (TPSA) is 49.4 Å². The van der Waals surface area contributed by atoms with Gasteiger partial charge in [-0.25, -0.2) is 0 Å². The van der Waals surface area contributed by atoms with E-state index in [0.717, 1.165) is 38.8 Å². The molecule has 2 amide bonds. The van der Waals surface area contributed by atoms with Crippen LogP contribution in [0.15, 0.2) is 0 Å². The maximum atomic E-state index is 11.8. The Kier molecular flexibility index (Phi) is 3.36. The predicted octanol–water partition coefficient (Wildman–Crippen LogP) is 0.668. The van der Waals surface area contributed by atoms with E-state index in [2.05, 4.69) is 5.32 Å². The largest absolute Gasteiger partial charge is 0.315 e. The van der Waals surface area contributed by atoms with Gasteiger partial charge in [0.2, 0.25) is 11.8 Å². The lowest BCUT2D eigenvalue weighted by molar-refractivity contribution is -0.147. The molecule has 0 aromatic carbocycles. The highest BCUT2D eigenvalue weighted by molar-refractivity contribution is 5.96. The van der Waals surface area contributed by atoms with Gasteiger partial charge < -0.3 is 5.32 Å². The summed E-state index contributed by atoms with van der Waals surface area (Å²) in [5.74, 6) is 0.0670. The van der Waals surface area contributed by atoms with Gasteiger partial charge in [0.1, 0.15) is 0 Å². The Morgan fingerprint density at radius 2 is 1.73 bits per heavy atom. The molecular formula is C11H18N2O2. The van der Waals surface area contributed by atoms with Gasteiger partial charge in [-0.2, -0.15) is 0 Å². The van der Waals surface area contributed by atoms with Crippen molar-refractivity contribution in [2.75, 3.05) is 13.1 Å². The van der Waals surface area contributed by atoms with E-state index in [1.165, 1.54) is 4.90 Å². The zero-order chi connectivity index (χ0) is 10.7. The zero-order valence-corrected chi connectivity index (χ0v) is 9.00. The number of amides is 2. The molecule has 1 atom stereocenters. The van der Waals surface area contributed by atoms with Gasteiger partial charge in [-0.15, -0.1) is 0 Å². The molecule has 4 nitrogen and oxygen atoms in total. The summed E-state index contributed by atoms with van der Waals surface area (Å²) in [6, 6.07) is 0.108. The highest BCUT2D eigenvalue weighted by Crippen LogP contribution is 2.18. The highest BCUT2D eigenvalue weighted by atomic mass is 16.2. The number of hydrogen-bond acceptors (Lipinski definition) is 3. The van der Waals surface area contributed by atoms with Gasteiger partial charge in [0.25, 0.3) is 0 Å². The Labute approximate surface area is 90.0 Å². The van der Waals surface area contributed by atoms with Crippen LogP contribution in [0.5, 0.6) is 0 Å². The fourth-order valence-electron chi connectivity index (χ4n) is 2.39. The quantitative estimate of drug-likeness (QED) is 0.647. The van der Waals surface area contributed by atoms with Crippen molar-refractivity contribution in [1.82, 2.24) is 10.2 Å². The first-order chi connectivity index (χ1) is 7.29. The van der Waals surface area contributed by atoms with Crippen LogP contribution >= 0.6 is 0 Å². The summed E-state index contributed by atoms with van der Waals surface area (Å²) in [7, 11) is 0. The molecule has 0 radical (unpaired) electrons. The lowest BCUT2D eigenvalue weighted by atomic mass is 10.1. The minimum atomic E-state index is 0.0335. The van der Waals surface area contributed by atoms with Crippen LogP contribution in [0.2, 0.25) is 0 Å². The summed E-state index contributed by atoms with van der Waals surface area (Å²) in [4.78, 5) is 25.1. The lowest BCUT2D eigenvalue weighted by Gasteiger charge is -2.32. The molecule has 0 aromatic heterocycles. The van der Waals surface area contributed by atoms with Crippen LogP contribution in [0.1, 0.15) is 38.5 Å². The van der Waals surface area contributed by atoms with E-state index in [4.69, 9.17) is 0 Å². The van der Waals surface area contributed by atoms with Gasteiger partial charge in [-0.05, 0) is 32.2 Å². The molecule has 15 heavy (non-hydrogen) atoms. The van der Waals surface area contributed by atoms with Crippen LogP contribution in [0.3, 0.4) is 0 Å². The summed E-state index contributed by atoms with van der Waals surface area (Å²) in [5.41, 5.74) is 0. The fraction of sp³-hybridized carbons (Fsp3) is 0.818. The Morgan fingerprint density at radius 1 is 1.07 bits per heavy atom. The number of piperidine rings is 1. The third-order valence-corrected chi connectivity index (χ3v) is 3.20. The van der Waals surface area contributed by atoms with Crippen LogP contribution in [0.4, 0.5) is 0 Å². The average Bonchev–Trinajstić information content (AvgIpc) is 2.41. The maximum absolute atomic E-state index is 11.8. The number of hydrogen-bond donors (Lipinski definition) is 1. The second-order valence-electron chi connectivity index (χ2n) is 4.36. The molecule has 4 heteroatoms. The first-order valence-electron chi connectivity index (χ1n) is 5.84. The van der Waals surface area contributed by atoms with Gasteiger partial charge >= 0.3 is 0 Å². The molecular weight excluding hydrogens is 192 g/mol. The highest BCUT2D eigenvalue weighted by Gasteiger charge is 2.31. The van der Waals surface area contributed by atoms with Crippen molar-refractivity contribution in [3.05, 3.63) is 0 Å². The molecule has 1 N–H and O–H groups in total. The lowest BCUT2D eigenvalue weighted by Crippen LogP contribution is -2.50. The summed E-state index contributed by atoms with van der Waals surface area (Å²) in [6.45, 7) is 1.78. The number of imide groups is 1. The number of nitrogens with one attached hydrogen (secondary N) is 1. The Bertz CT molecular complexity index is 241. The number of nitrogens with zero attached hydrogens (tertiary/aromatic N) is 1. The molecule has 2 fully saturated rings. The molecule has 84 valence electrons. The minimum Gasteiger partial charge on any atom is -0.315 e. The van der Waals surface area contributed by atoms with Gasteiger partial charge in [0.15, 0.2) is 0 Å². The van der Waals surface area contributed by atoms with E-state index in [0.29, 0.717) is 12.8 Å². The molecule has 0 spiro atoms. The first-order valence-corrected chi connectivity index (χ1v) is 5.84. The normalized spacial score (nSPS) is 29.1. The second kappa shape index (κ2) is 4.75. The molecule has 2 saturated heterocycles. The summed E-state index contributed by atoms with van der Waals surface area (Å²) in [6.07, 6.45) is 4.83. The molecule has 0 aromatic rings. The van der Waals surface area contributed by atoms with E-state index >= 15 is 0 Å². The Balaban J connectivity index is 2.07. The molecule has 2 heterocycles. The van der Waals surface area contributed by atoms with Gasteiger partial charge in [-0.1, -0.05) is 0 Å². The van der Waals surface area contributed by atoms with Crippen molar-refractivity contribution in [1.29, 1.82) is 0 Å². The van der Waals surface area contributed by atoms with Crippen molar-refractivity contribution in [2.24, 2.45) is 0 Å². The van der Waals surface area contributed by atoms with Crippen LogP contribution in [-0.2, 0) is 9.59 Å². The zero-order valence-electron chi connectivity index (χ0n) is 9.00. The van der Waals surface area contributed by atoms with E-state index in [9.17, 15) is 9.59 Å². The Morgan fingerprint density at radius 3 is 2.27 bits per heavy atom. The summed E-state index contributed by atoms with van der Waals surface area (Å²) >= 11 is 0. The summed E-state index contributed by atoms with van der Waals surface area (Å²) < 4.78 is 0. The van der Waals surface area contributed by atoms with Crippen molar-refractivity contribution in [3.8, 4) is 0 Å². The van der Waals surface area contributed by atoms with Gasteiger partial charge in [-0.3, -0.25) is 14.5 Å². The first kappa shape index (κ1) is 10.6. The van der Waals surface area contributed by atoms with E-state index in [1.54, 1.807) is 0 Å². The molecule has 1 unspecified atom stereocenters. The van der Waals surface area contributed by atoms with Crippen molar-refractivity contribution >= 4 is 11.8 Å². The van der Waals surface area contributed by atoms with Crippen molar-refractivity contribution in [2.45, 2.75) is 44.6 Å². The third kappa shape index (κ3) is 2.37. The number of rotatable bonds is 1. The van der Waals surface area contributed by atoms with Crippen LogP contribution in [-0.4, -0.2) is 35.8 Å². The third-order valence-electron chi connectivity index (χ3n) is 3.20. The van der Waals surface area contributed by atoms with E-state index in [1.807, 2.05) is 0 Å². The summed E-state index contributed by atoms with van der Waals surface area (Å²) in [5, 5.41) is 3.25. The molecule has 0 aliphatic carbocycles. The molecule has 2 aliphatic heterocycles. The maximum Gasteiger partial charge on any atom is 0.229 e. The van der Waals surface area contributed by atoms with Gasteiger partial charge in [0.05, 0.1) is 6.04 Å². The van der Waals surface area contributed by atoms with Crippen LogP contribution in [0.25, 0.3) is 0 Å². The smallest absolute Gasteiger partial charge is 0.229 e. The number of likely N-dealkylation sites (tertiary alicyclic amines) is 1. The van der Waals surface area contributed by atoms with Crippen molar-refractivity contribution < 1.29 is 9.59 Å². The average molecular weight is 210 g/mol. The molecule has 0 bridgehead atoms. The number of carbonyl (C=O) groups is 2. The molecule has 0 saturated carbocycles. The predicted molar refractivity (Wildman–Crippen MR) is 56.2 cm³/mol. The standard InChI is InChI=1S/C11H18N2O2/c14-10-5-1-2-6-11(15)13(10)9-4-3-7-12-8-9/h9,12H,1-8H2. The van der Waals surface area contributed by atoms with Gasteiger partial charge in [0, 0.05) is 19.4 Å².